The molecular weight excluding hydrogens is 414 g/mol. The van der Waals surface area contributed by atoms with Gasteiger partial charge in [0, 0.05) is 18.4 Å². The van der Waals surface area contributed by atoms with E-state index in [1.165, 1.54) is 11.8 Å². The van der Waals surface area contributed by atoms with Gasteiger partial charge in [-0.25, -0.2) is 0 Å². The molecule has 0 atom stereocenters. The van der Waals surface area contributed by atoms with Crippen LogP contribution < -0.4 is 15.4 Å². The summed E-state index contributed by atoms with van der Waals surface area (Å²) in [5.41, 5.74) is 2.58. The van der Waals surface area contributed by atoms with E-state index in [9.17, 15) is 9.59 Å². The van der Waals surface area contributed by atoms with Gasteiger partial charge in [0.05, 0.1) is 19.3 Å². The molecule has 2 N–H and O–H groups in total. The minimum Gasteiger partial charge on any atom is -0.497 e. The summed E-state index contributed by atoms with van der Waals surface area (Å²) in [6.45, 7) is 2.05. The van der Waals surface area contributed by atoms with Gasteiger partial charge in [0.25, 0.3) is 0 Å². The molecule has 0 bridgehead atoms. The molecule has 0 saturated heterocycles. The van der Waals surface area contributed by atoms with Crippen LogP contribution in [0.1, 0.15) is 18.3 Å². The molecule has 0 aliphatic carbocycles. The number of thioether (sulfide) groups is 1. The molecule has 0 aliphatic rings. The normalized spacial score (nSPS) is 10.5. The third-order valence-electron chi connectivity index (χ3n) is 4.62. The van der Waals surface area contributed by atoms with Crippen LogP contribution in [0, 0.1) is 0 Å². The molecule has 0 saturated carbocycles. The molecule has 3 rings (SSSR count). The van der Waals surface area contributed by atoms with E-state index in [1.54, 1.807) is 43.0 Å². The molecular formula is C22H25N5O3S. The van der Waals surface area contributed by atoms with Crippen molar-refractivity contribution < 1.29 is 14.3 Å². The van der Waals surface area contributed by atoms with Gasteiger partial charge in [-0.3, -0.25) is 9.59 Å². The van der Waals surface area contributed by atoms with E-state index in [-0.39, 0.29) is 24.0 Å². The Bertz CT molecular complexity index is 1050. The van der Waals surface area contributed by atoms with E-state index in [1.807, 2.05) is 31.2 Å². The number of benzene rings is 2. The molecule has 0 aliphatic heterocycles. The molecule has 0 radical (unpaired) electrons. The van der Waals surface area contributed by atoms with Crippen LogP contribution in [-0.2, 0) is 29.5 Å². The maximum absolute atomic E-state index is 12.3. The van der Waals surface area contributed by atoms with Crippen LogP contribution >= 0.6 is 11.8 Å². The minimum atomic E-state index is -0.203. The Balaban J connectivity index is 1.53. The van der Waals surface area contributed by atoms with E-state index in [4.69, 9.17) is 4.74 Å². The Labute approximate surface area is 185 Å². The Hall–Kier alpha value is -3.33. The van der Waals surface area contributed by atoms with Gasteiger partial charge in [0.1, 0.15) is 11.6 Å². The predicted molar refractivity (Wildman–Crippen MR) is 122 cm³/mol. The zero-order valence-electron chi connectivity index (χ0n) is 17.7. The van der Waals surface area contributed by atoms with Gasteiger partial charge < -0.3 is 19.9 Å². The average Bonchev–Trinajstić information content (AvgIpc) is 3.12. The third kappa shape index (κ3) is 6.08. The average molecular weight is 440 g/mol. The van der Waals surface area contributed by atoms with Crippen molar-refractivity contribution >= 4 is 35.0 Å². The number of nitrogens with zero attached hydrogens (tertiary/aromatic N) is 3. The second-order valence-electron chi connectivity index (χ2n) is 6.76. The number of carbonyl (C=O) groups is 2. The van der Waals surface area contributed by atoms with Crippen molar-refractivity contribution in [3.63, 3.8) is 0 Å². The number of rotatable bonds is 9. The van der Waals surface area contributed by atoms with Gasteiger partial charge in [0.2, 0.25) is 11.8 Å². The number of hydrogen-bond donors (Lipinski definition) is 2. The fourth-order valence-electron chi connectivity index (χ4n) is 2.91. The van der Waals surface area contributed by atoms with Crippen LogP contribution in [0.2, 0.25) is 0 Å². The van der Waals surface area contributed by atoms with Gasteiger partial charge in [-0.2, -0.15) is 0 Å². The molecule has 1 aromatic heterocycles. The fourth-order valence-corrected chi connectivity index (χ4v) is 3.64. The smallest absolute Gasteiger partial charge is 0.234 e. The molecule has 0 fully saturated rings. The van der Waals surface area contributed by atoms with E-state index >= 15 is 0 Å². The second kappa shape index (κ2) is 10.6. The number of carbonyl (C=O) groups excluding carboxylic acids is 2. The van der Waals surface area contributed by atoms with Crippen LogP contribution in [0.5, 0.6) is 5.75 Å². The van der Waals surface area contributed by atoms with E-state index < -0.39 is 0 Å². The number of aromatic nitrogens is 3. The number of hydrogen-bond acceptors (Lipinski definition) is 6. The zero-order valence-corrected chi connectivity index (χ0v) is 18.5. The lowest BCUT2D eigenvalue weighted by atomic mass is 10.1. The minimum absolute atomic E-state index is 0.0756. The second-order valence-corrected chi connectivity index (χ2v) is 7.70. The first-order valence-electron chi connectivity index (χ1n) is 9.83. The molecule has 2 amide bonds. The van der Waals surface area contributed by atoms with Gasteiger partial charge in [-0.05, 0) is 42.3 Å². The molecule has 31 heavy (non-hydrogen) atoms. The first-order valence-corrected chi connectivity index (χ1v) is 10.8. The highest BCUT2D eigenvalue weighted by Crippen LogP contribution is 2.19. The standard InChI is InChI=1S/C22H25N5O3S/c1-4-15-7-5-6-8-18(15)24-21(29)14-31-22-26-25-19(27(22)2)13-20(28)23-16-9-11-17(30-3)12-10-16/h5-12H,4,13-14H2,1-3H3,(H,23,28)(H,24,29). The molecule has 9 heteroatoms. The number of aryl methyl sites for hydroxylation is 1. The zero-order chi connectivity index (χ0) is 22.2. The lowest BCUT2D eigenvalue weighted by Crippen LogP contribution is -2.17. The number of para-hydroxylation sites is 1. The van der Waals surface area contributed by atoms with Gasteiger partial charge in [-0.15, -0.1) is 10.2 Å². The van der Waals surface area contributed by atoms with Crippen LogP contribution in [0.25, 0.3) is 0 Å². The number of methoxy groups -OCH3 is 1. The lowest BCUT2D eigenvalue weighted by Gasteiger charge is -2.09. The quantitative estimate of drug-likeness (QED) is 0.497. The van der Waals surface area contributed by atoms with Crippen molar-refractivity contribution in [2.75, 3.05) is 23.5 Å². The highest BCUT2D eigenvalue weighted by molar-refractivity contribution is 7.99. The largest absolute Gasteiger partial charge is 0.497 e. The molecule has 3 aromatic rings. The third-order valence-corrected chi connectivity index (χ3v) is 5.64. The summed E-state index contributed by atoms with van der Waals surface area (Å²) < 4.78 is 6.84. The Morgan fingerprint density at radius 1 is 1.03 bits per heavy atom. The summed E-state index contributed by atoms with van der Waals surface area (Å²) in [6, 6.07) is 14.8. The van der Waals surface area contributed by atoms with Crippen molar-refractivity contribution in [3.05, 3.63) is 59.9 Å². The number of anilines is 2. The maximum atomic E-state index is 12.3. The van der Waals surface area contributed by atoms with Crippen LogP contribution in [-0.4, -0.2) is 39.4 Å². The fraction of sp³-hybridized carbons (Fsp3) is 0.273. The maximum Gasteiger partial charge on any atom is 0.234 e. The molecule has 162 valence electrons. The van der Waals surface area contributed by atoms with Crippen LogP contribution in [0.3, 0.4) is 0 Å². The Kier molecular flexibility index (Phi) is 7.66. The summed E-state index contributed by atoms with van der Waals surface area (Å²) in [5.74, 6) is 1.11. The summed E-state index contributed by atoms with van der Waals surface area (Å²) in [4.78, 5) is 24.7. The van der Waals surface area contributed by atoms with Gasteiger partial charge >= 0.3 is 0 Å². The first kappa shape index (κ1) is 22.4. The summed E-state index contributed by atoms with van der Waals surface area (Å²) in [5, 5.41) is 14.5. The molecule has 1 heterocycles. The van der Waals surface area contributed by atoms with E-state index in [0.717, 1.165) is 23.4 Å². The predicted octanol–water partition coefficient (Wildman–Crippen LogP) is 3.30. The van der Waals surface area contributed by atoms with Crippen LogP contribution in [0.4, 0.5) is 11.4 Å². The van der Waals surface area contributed by atoms with Crippen molar-refractivity contribution in [3.8, 4) is 5.75 Å². The molecule has 0 unspecified atom stereocenters. The Morgan fingerprint density at radius 3 is 2.48 bits per heavy atom. The highest BCUT2D eigenvalue weighted by Gasteiger charge is 2.15. The summed E-state index contributed by atoms with van der Waals surface area (Å²) in [7, 11) is 3.37. The highest BCUT2D eigenvalue weighted by atomic mass is 32.2. The summed E-state index contributed by atoms with van der Waals surface area (Å²) >= 11 is 1.28. The van der Waals surface area contributed by atoms with Crippen molar-refractivity contribution in [1.82, 2.24) is 14.8 Å². The van der Waals surface area contributed by atoms with Crippen molar-refractivity contribution in [2.45, 2.75) is 24.9 Å². The SMILES string of the molecule is CCc1ccccc1NC(=O)CSc1nnc(CC(=O)Nc2ccc(OC)cc2)n1C. The van der Waals surface area contributed by atoms with E-state index in [0.29, 0.717) is 16.7 Å². The first-order chi connectivity index (χ1) is 15.0. The summed E-state index contributed by atoms with van der Waals surface area (Å²) in [6.07, 6.45) is 0.918. The monoisotopic (exact) mass is 439 g/mol. The van der Waals surface area contributed by atoms with Crippen molar-refractivity contribution in [2.24, 2.45) is 7.05 Å². The number of ether oxygens (including phenoxy) is 1. The number of nitrogens with one attached hydrogen (secondary N) is 2. The van der Waals surface area contributed by atoms with Gasteiger partial charge in [-0.1, -0.05) is 36.9 Å². The number of amides is 2. The van der Waals surface area contributed by atoms with Crippen molar-refractivity contribution in [1.29, 1.82) is 0 Å². The molecule has 8 nitrogen and oxygen atoms in total. The topological polar surface area (TPSA) is 98.1 Å². The van der Waals surface area contributed by atoms with E-state index in [2.05, 4.69) is 20.8 Å². The lowest BCUT2D eigenvalue weighted by molar-refractivity contribution is -0.116. The Morgan fingerprint density at radius 2 is 1.77 bits per heavy atom. The van der Waals surface area contributed by atoms with Gasteiger partial charge in [0.15, 0.2) is 5.16 Å². The van der Waals surface area contributed by atoms with Crippen LogP contribution in [0.15, 0.2) is 53.7 Å². The molecule has 2 aromatic carbocycles. The molecule has 0 spiro atoms.